The Kier molecular flexibility index (Phi) is 4.64. The summed E-state index contributed by atoms with van der Waals surface area (Å²) in [6.45, 7) is 8.40. The van der Waals surface area contributed by atoms with Crippen molar-refractivity contribution < 1.29 is 4.79 Å². The summed E-state index contributed by atoms with van der Waals surface area (Å²) in [6, 6.07) is 8.41. The van der Waals surface area contributed by atoms with E-state index in [0.29, 0.717) is 11.8 Å². The van der Waals surface area contributed by atoms with Crippen LogP contribution < -0.4 is 10.6 Å². The van der Waals surface area contributed by atoms with Gasteiger partial charge < -0.3 is 10.6 Å². The second kappa shape index (κ2) is 5.98. The summed E-state index contributed by atoms with van der Waals surface area (Å²) in [5, 5.41) is 6.59. The van der Waals surface area contributed by atoms with Crippen LogP contribution in [0.15, 0.2) is 24.3 Å². The maximum Gasteiger partial charge on any atom is 0.224 e. The van der Waals surface area contributed by atoms with Crippen LogP contribution in [0.4, 0.5) is 0 Å². The van der Waals surface area contributed by atoms with Crippen LogP contribution in [0.1, 0.15) is 25.0 Å². The molecule has 0 spiro atoms. The number of carbonyl (C=O) groups excluding carboxylic acids is 1. The Morgan fingerprint density at radius 3 is 2.52 bits per heavy atom. The number of piperidine rings is 1. The van der Waals surface area contributed by atoms with Gasteiger partial charge in [0.25, 0.3) is 0 Å². The molecule has 1 unspecified atom stereocenters. The predicted octanol–water partition coefficient (Wildman–Crippen LogP) is 2.32. The van der Waals surface area contributed by atoms with Gasteiger partial charge in [-0.1, -0.05) is 24.3 Å². The van der Waals surface area contributed by atoms with Crippen LogP contribution >= 0.6 is 12.4 Å². The number of nitrogens with one attached hydrogen (secondary N) is 2. The van der Waals surface area contributed by atoms with E-state index in [9.17, 15) is 4.79 Å². The van der Waals surface area contributed by atoms with E-state index in [2.05, 4.69) is 55.7 Å². The zero-order valence-electron chi connectivity index (χ0n) is 13.0. The number of rotatable bonds is 4. The van der Waals surface area contributed by atoms with E-state index in [4.69, 9.17) is 0 Å². The summed E-state index contributed by atoms with van der Waals surface area (Å²) in [7, 11) is 0. The average Bonchev–Trinajstić information content (AvgIpc) is 2.86. The fraction of sp³-hybridized carbons (Fsp3) is 0.588. The molecular formula is C17H25ClN2O. The number of hydrogen-bond acceptors (Lipinski definition) is 2. The largest absolute Gasteiger partial charge is 0.351 e. The topological polar surface area (TPSA) is 41.1 Å². The molecule has 1 amide bonds. The van der Waals surface area contributed by atoms with Crippen LogP contribution in [0.3, 0.4) is 0 Å². The fourth-order valence-electron chi connectivity index (χ4n) is 3.55. The summed E-state index contributed by atoms with van der Waals surface area (Å²) in [5.74, 6) is 1.68. The highest BCUT2D eigenvalue weighted by Gasteiger charge is 2.57. The van der Waals surface area contributed by atoms with Crippen molar-refractivity contribution in [2.45, 2.75) is 32.7 Å². The summed E-state index contributed by atoms with van der Waals surface area (Å²) < 4.78 is 0. The smallest absolute Gasteiger partial charge is 0.224 e. The lowest BCUT2D eigenvalue weighted by Crippen LogP contribution is -2.46. The van der Waals surface area contributed by atoms with E-state index >= 15 is 0 Å². The van der Waals surface area contributed by atoms with E-state index < -0.39 is 0 Å². The monoisotopic (exact) mass is 308 g/mol. The predicted molar refractivity (Wildman–Crippen MR) is 87.7 cm³/mol. The highest BCUT2D eigenvalue weighted by molar-refractivity contribution is 5.85. The van der Waals surface area contributed by atoms with E-state index in [-0.39, 0.29) is 29.8 Å². The Bertz CT molecular complexity index is 519. The van der Waals surface area contributed by atoms with Gasteiger partial charge in [-0.05, 0) is 63.2 Å². The second-order valence-corrected chi connectivity index (χ2v) is 6.99. The van der Waals surface area contributed by atoms with Gasteiger partial charge in [0.1, 0.15) is 0 Å². The van der Waals surface area contributed by atoms with Gasteiger partial charge in [-0.15, -0.1) is 12.4 Å². The van der Waals surface area contributed by atoms with E-state index in [1.165, 1.54) is 11.1 Å². The van der Waals surface area contributed by atoms with Crippen LogP contribution in [-0.2, 0) is 11.2 Å². The first-order valence-electron chi connectivity index (χ1n) is 7.55. The SMILES string of the molecule is Cc1ccccc1CC(C)(C)NC(=O)C1[C@H]2CNC[C@@H]12.Cl. The lowest BCUT2D eigenvalue weighted by Gasteiger charge is -2.27. The molecule has 2 fully saturated rings. The first-order valence-corrected chi connectivity index (χ1v) is 7.55. The molecule has 1 aliphatic carbocycles. The molecule has 1 aliphatic heterocycles. The van der Waals surface area contributed by atoms with Crippen molar-refractivity contribution >= 4 is 18.3 Å². The minimum atomic E-state index is -0.187. The maximum atomic E-state index is 12.4. The third-order valence-corrected chi connectivity index (χ3v) is 4.75. The van der Waals surface area contributed by atoms with Gasteiger partial charge >= 0.3 is 0 Å². The van der Waals surface area contributed by atoms with E-state index in [0.717, 1.165) is 19.5 Å². The molecule has 21 heavy (non-hydrogen) atoms. The van der Waals surface area contributed by atoms with Crippen molar-refractivity contribution in [2.75, 3.05) is 13.1 Å². The molecule has 1 aromatic rings. The molecule has 116 valence electrons. The number of benzene rings is 1. The molecule has 0 aromatic heterocycles. The van der Waals surface area contributed by atoms with Crippen LogP contribution in [0, 0.1) is 24.7 Å². The van der Waals surface area contributed by atoms with Gasteiger partial charge in [0.15, 0.2) is 0 Å². The van der Waals surface area contributed by atoms with Gasteiger partial charge in [-0.2, -0.15) is 0 Å². The molecule has 3 atom stereocenters. The minimum Gasteiger partial charge on any atom is -0.351 e. The highest BCUT2D eigenvalue weighted by Crippen LogP contribution is 2.48. The minimum absolute atomic E-state index is 0. The van der Waals surface area contributed by atoms with E-state index in [1.807, 2.05) is 0 Å². The third kappa shape index (κ3) is 3.41. The molecule has 1 saturated carbocycles. The first-order chi connectivity index (χ1) is 9.48. The zero-order chi connectivity index (χ0) is 14.3. The Morgan fingerprint density at radius 2 is 1.90 bits per heavy atom. The van der Waals surface area contributed by atoms with Crippen LogP contribution in [0.25, 0.3) is 0 Å². The Labute approximate surface area is 133 Å². The molecule has 3 rings (SSSR count). The van der Waals surface area contributed by atoms with Gasteiger partial charge in [0.05, 0.1) is 0 Å². The normalized spacial score (nSPS) is 26.7. The number of carbonyl (C=O) groups is 1. The molecule has 1 heterocycles. The van der Waals surface area contributed by atoms with Crippen LogP contribution in [0.5, 0.6) is 0 Å². The maximum absolute atomic E-state index is 12.4. The molecule has 1 aromatic carbocycles. The number of aryl methyl sites for hydroxylation is 1. The molecule has 2 N–H and O–H groups in total. The van der Waals surface area contributed by atoms with Gasteiger partial charge in [-0.3, -0.25) is 4.79 Å². The third-order valence-electron chi connectivity index (χ3n) is 4.75. The molecule has 2 aliphatic rings. The number of fused-ring (bicyclic) bond motifs is 1. The fourth-order valence-corrected chi connectivity index (χ4v) is 3.55. The van der Waals surface area contributed by atoms with Gasteiger partial charge in [0.2, 0.25) is 5.91 Å². The van der Waals surface area contributed by atoms with Crippen molar-refractivity contribution in [3.05, 3.63) is 35.4 Å². The number of halogens is 1. The summed E-state index contributed by atoms with van der Waals surface area (Å²) in [4.78, 5) is 12.4. The summed E-state index contributed by atoms with van der Waals surface area (Å²) in [5.41, 5.74) is 2.42. The van der Waals surface area contributed by atoms with Crippen molar-refractivity contribution in [3.63, 3.8) is 0 Å². The van der Waals surface area contributed by atoms with Crippen molar-refractivity contribution in [2.24, 2.45) is 17.8 Å². The number of amides is 1. The average molecular weight is 309 g/mol. The molecule has 0 bridgehead atoms. The quantitative estimate of drug-likeness (QED) is 0.896. The molecule has 1 saturated heterocycles. The molecular weight excluding hydrogens is 284 g/mol. The first kappa shape index (κ1) is 16.3. The van der Waals surface area contributed by atoms with Gasteiger partial charge in [0, 0.05) is 11.5 Å². The Balaban J connectivity index is 0.00000161. The van der Waals surface area contributed by atoms with Crippen LogP contribution in [0.2, 0.25) is 0 Å². The summed E-state index contributed by atoms with van der Waals surface area (Å²) >= 11 is 0. The molecule has 4 heteroatoms. The van der Waals surface area contributed by atoms with Gasteiger partial charge in [-0.25, -0.2) is 0 Å². The van der Waals surface area contributed by atoms with Crippen molar-refractivity contribution in [1.29, 1.82) is 0 Å². The van der Waals surface area contributed by atoms with Crippen molar-refractivity contribution in [1.82, 2.24) is 10.6 Å². The molecule has 3 nitrogen and oxygen atoms in total. The second-order valence-electron chi connectivity index (χ2n) is 6.99. The number of hydrogen-bond donors (Lipinski definition) is 2. The Hall–Kier alpha value is -1.06. The molecule has 0 radical (unpaired) electrons. The standard InChI is InChI=1S/C17H24N2O.ClH/c1-11-6-4-5-7-12(11)8-17(2,3)19-16(20)15-13-9-18-10-14(13)15;/h4-7,13-15,18H,8-10H2,1-3H3,(H,19,20);1H/t13-,14+,15?;. The highest BCUT2D eigenvalue weighted by atomic mass is 35.5. The van der Waals surface area contributed by atoms with E-state index in [1.54, 1.807) is 0 Å². The summed E-state index contributed by atoms with van der Waals surface area (Å²) in [6.07, 6.45) is 0.881. The zero-order valence-corrected chi connectivity index (χ0v) is 13.8. The van der Waals surface area contributed by atoms with Crippen LogP contribution in [-0.4, -0.2) is 24.5 Å². The lowest BCUT2D eigenvalue weighted by atomic mass is 9.92. The Morgan fingerprint density at radius 1 is 1.29 bits per heavy atom. The lowest BCUT2D eigenvalue weighted by molar-refractivity contribution is -0.124. The van der Waals surface area contributed by atoms with Crippen molar-refractivity contribution in [3.8, 4) is 0 Å².